The Hall–Kier alpha value is -6.65. The summed E-state index contributed by atoms with van der Waals surface area (Å²) in [5.41, 5.74) is 12.5. The number of hydrogen-bond acceptors (Lipinski definition) is 4. The van der Waals surface area contributed by atoms with E-state index in [0.29, 0.717) is 17.5 Å². The Kier molecular flexibility index (Phi) is 7.33. The molecule has 9 rings (SSSR count). The molecule has 0 unspecified atom stereocenters. The van der Waals surface area contributed by atoms with Gasteiger partial charge in [0.25, 0.3) is 0 Å². The molecule has 2 heterocycles. The van der Waals surface area contributed by atoms with Crippen molar-refractivity contribution in [3.63, 3.8) is 0 Å². The van der Waals surface area contributed by atoms with E-state index in [9.17, 15) is 0 Å². The summed E-state index contributed by atoms with van der Waals surface area (Å²) in [4.78, 5) is 15.0. The predicted molar refractivity (Wildman–Crippen MR) is 204 cm³/mol. The highest BCUT2D eigenvalue weighted by Gasteiger charge is 2.15. The SMILES string of the molecule is Cc1ccc2oc3c(-c4ccc(-c5nc(-c6ccc(-c7ccccc7)cc6)nc(-c6ccc(-c7ccccc7)cc6)n5)cc4)cccc3c2c1. The van der Waals surface area contributed by atoms with Crippen LogP contribution in [0.1, 0.15) is 5.56 Å². The molecule has 0 N–H and O–H groups in total. The fourth-order valence-corrected chi connectivity index (χ4v) is 6.59. The molecule has 9 aromatic rings. The smallest absolute Gasteiger partial charge is 0.164 e. The van der Waals surface area contributed by atoms with Crippen LogP contribution in [-0.2, 0) is 0 Å². The molecule has 0 aliphatic heterocycles. The molecule has 0 saturated heterocycles. The van der Waals surface area contributed by atoms with Crippen LogP contribution in [0.2, 0.25) is 0 Å². The van der Waals surface area contributed by atoms with E-state index in [1.54, 1.807) is 0 Å². The van der Waals surface area contributed by atoms with E-state index in [2.05, 4.69) is 165 Å². The summed E-state index contributed by atoms with van der Waals surface area (Å²) in [6, 6.07) is 58.7. The molecule has 4 nitrogen and oxygen atoms in total. The first kappa shape index (κ1) is 29.5. The Morgan fingerprint density at radius 2 is 0.800 bits per heavy atom. The maximum atomic E-state index is 6.38. The lowest BCUT2D eigenvalue weighted by Crippen LogP contribution is -2.00. The van der Waals surface area contributed by atoms with Crippen LogP contribution < -0.4 is 0 Å². The van der Waals surface area contributed by atoms with Gasteiger partial charge in [0, 0.05) is 33.0 Å². The molecule has 0 bridgehead atoms. The second-order valence-electron chi connectivity index (χ2n) is 12.6. The van der Waals surface area contributed by atoms with Gasteiger partial charge in [0.1, 0.15) is 11.2 Å². The number of para-hydroxylation sites is 1. The minimum Gasteiger partial charge on any atom is -0.455 e. The highest BCUT2D eigenvalue weighted by molar-refractivity contribution is 6.09. The van der Waals surface area contributed by atoms with Crippen LogP contribution in [-0.4, -0.2) is 15.0 Å². The van der Waals surface area contributed by atoms with Gasteiger partial charge in [0.15, 0.2) is 17.5 Å². The van der Waals surface area contributed by atoms with Crippen molar-refractivity contribution in [1.82, 2.24) is 15.0 Å². The van der Waals surface area contributed by atoms with Crippen LogP contribution in [0.5, 0.6) is 0 Å². The summed E-state index contributed by atoms with van der Waals surface area (Å²) in [6.45, 7) is 2.11. The zero-order chi connectivity index (χ0) is 33.4. The summed E-state index contributed by atoms with van der Waals surface area (Å²) in [5.74, 6) is 1.87. The number of furan rings is 1. The Balaban J connectivity index is 1.11. The van der Waals surface area contributed by atoms with Gasteiger partial charge in [-0.15, -0.1) is 0 Å². The Morgan fingerprint density at radius 1 is 0.360 bits per heavy atom. The highest BCUT2D eigenvalue weighted by atomic mass is 16.3. The van der Waals surface area contributed by atoms with Crippen LogP contribution in [0.25, 0.3) is 89.5 Å². The number of rotatable bonds is 6. The molecule has 0 amide bonds. The number of hydrogen-bond donors (Lipinski definition) is 0. The summed E-state index contributed by atoms with van der Waals surface area (Å²) in [7, 11) is 0. The molecule has 0 saturated carbocycles. The lowest BCUT2D eigenvalue weighted by molar-refractivity contribution is 0.670. The van der Waals surface area contributed by atoms with Gasteiger partial charge in [-0.2, -0.15) is 0 Å². The molecular formula is C46H31N3O. The third kappa shape index (κ3) is 5.53. The molecule has 0 fully saturated rings. The topological polar surface area (TPSA) is 51.8 Å². The largest absolute Gasteiger partial charge is 0.455 e. The van der Waals surface area contributed by atoms with Gasteiger partial charge in [-0.3, -0.25) is 0 Å². The second kappa shape index (κ2) is 12.4. The average molecular weight is 642 g/mol. The molecule has 4 heteroatoms. The maximum absolute atomic E-state index is 6.38. The Bertz CT molecular complexity index is 2510. The minimum atomic E-state index is 0.619. The highest BCUT2D eigenvalue weighted by Crippen LogP contribution is 2.37. The van der Waals surface area contributed by atoms with E-state index in [4.69, 9.17) is 19.4 Å². The molecule has 0 aliphatic rings. The monoisotopic (exact) mass is 641 g/mol. The fraction of sp³-hybridized carbons (Fsp3) is 0.0217. The van der Waals surface area contributed by atoms with Crippen LogP contribution in [0.3, 0.4) is 0 Å². The van der Waals surface area contributed by atoms with Crippen molar-refractivity contribution in [2.45, 2.75) is 6.92 Å². The quantitative estimate of drug-likeness (QED) is 0.181. The molecular weight excluding hydrogens is 611 g/mol. The molecule has 7 aromatic carbocycles. The van der Waals surface area contributed by atoms with Crippen LogP contribution >= 0.6 is 0 Å². The fourth-order valence-electron chi connectivity index (χ4n) is 6.59. The minimum absolute atomic E-state index is 0.619. The standard InChI is InChI=1S/C46H31N3O/c1-30-15-28-42-41(29-30)40-14-8-13-39(43(40)50-42)35-20-26-38(27-21-35)46-48-44(36-22-16-33(17-23-36)31-9-4-2-5-10-31)47-45(49-46)37-24-18-34(19-25-37)32-11-6-3-7-12-32/h2-29H,1H3. The third-order valence-corrected chi connectivity index (χ3v) is 9.24. The Labute approximate surface area is 290 Å². The van der Waals surface area contributed by atoms with Crippen molar-refractivity contribution < 1.29 is 4.42 Å². The van der Waals surface area contributed by atoms with Gasteiger partial charge in [-0.25, -0.2) is 15.0 Å². The van der Waals surface area contributed by atoms with E-state index >= 15 is 0 Å². The van der Waals surface area contributed by atoms with Gasteiger partial charge < -0.3 is 4.42 Å². The average Bonchev–Trinajstić information content (AvgIpc) is 3.57. The summed E-state index contributed by atoms with van der Waals surface area (Å²) in [6.07, 6.45) is 0. The summed E-state index contributed by atoms with van der Waals surface area (Å²) < 4.78 is 6.38. The van der Waals surface area contributed by atoms with E-state index in [1.165, 1.54) is 16.7 Å². The normalized spacial score (nSPS) is 11.3. The molecule has 0 radical (unpaired) electrons. The van der Waals surface area contributed by atoms with Crippen molar-refractivity contribution in [1.29, 1.82) is 0 Å². The van der Waals surface area contributed by atoms with Gasteiger partial charge in [-0.05, 0) is 46.9 Å². The number of fused-ring (bicyclic) bond motifs is 3. The summed E-state index contributed by atoms with van der Waals surface area (Å²) >= 11 is 0. The number of aromatic nitrogens is 3. The Morgan fingerprint density at radius 3 is 1.30 bits per heavy atom. The van der Waals surface area contributed by atoms with Gasteiger partial charge in [-0.1, -0.05) is 163 Å². The second-order valence-corrected chi connectivity index (χ2v) is 12.6. The lowest BCUT2D eigenvalue weighted by atomic mass is 10.0. The molecule has 0 aliphatic carbocycles. The maximum Gasteiger partial charge on any atom is 0.164 e. The lowest BCUT2D eigenvalue weighted by Gasteiger charge is -2.10. The van der Waals surface area contributed by atoms with E-state index in [1.807, 2.05) is 12.1 Å². The van der Waals surface area contributed by atoms with Gasteiger partial charge >= 0.3 is 0 Å². The van der Waals surface area contributed by atoms with Crippen molar-refractivity contribution in [2.75, 3.05) is 0 Å². The zero-order valence-electron chi connectivity index (χ0n) is 27.4. The van der Waals surface area contributed by atoms with E-state index in [0.717, 1.165) is 60.9 Å². The molecule has 50 heavy (non-hydrogen) atoms. The predicted octanol–water partition coefficient (Wildman–Crippen LogP) is 12.1. The van der Waals surface area contributed by atoms with E-state index in [-0.39, 0.29) is 0 Å². The first-order valence-electron chi connectivity index (χ1n) is 16.8. The third-order valence-electron chi connectivity index (χ3n) is 9.24. The van der Waals surface area contributed by atoms with Crippen molar-refractivity contribution >= 4 is 21.9 Å². The van der Waals surface area contributed by atoms with Crippen LogP contribution in [0, 0.1) is 6.92 Å². The van der Waals surface area contributed by atoms with E-state index < -0.39 is 0 Å². The van der Waals surface area contributed by atoms with Gasteiger partial charge in [0.2, 0.25) is 0 Å². The number of benzene rings is 7. The van der Waals surface area contributed by atoms with Crippen molar-refractivity contribution in [2.24, 2.45) is 0 Å². The van der Waals surface area contributed by atoms with Crippen LogP contribution in [0.15, 0.2) is 174 Å². The molecule has 236 valence electrons. The zero-order valence-corrected chi connectivity index (χ0v) is 27.4. The van der Waals surface area contributed by atoms with Crippen LogP contribution in [0.4, 0.5) is 0 Å². The molecule has 2 aromatic heterocycles. The summed E-state index contributed by atoms with van der Waals surface area (Å²) in [5, 5.41) is 2.26. The first-order valence-corrected chi connectivity index (χ1v) is 16.8. The first-order chi connectivity index (χ1) is 24.7. The molecule has 0 spiro atoms. The molecule has 0 atom stereocenters. The van der Waals surface area contributed by atoms with Gasteiger partial charge in [0.05, 0.1) is 0 Å². The number of nitrogens with zero attached hydrogens (tertiary/aromatic N) is 3. The number of aryl methyl sites for hydroxylation is 1. The van der Waals surface area contributed by atoms with Crippen molar-refractivity contribution in [3.8, 4) is 67.5 Å². The van der Waals surface area contributed by atoms with Crippen molar-refractivity contribution in [3.05, 3.63) is 175 Å².